The van der Waals surface area contributed by atoms with Crippen LogP contribution in [0.5, 0.6) is 0 Å². The van der Waals surface area contributed by atoms with Crippen LogP contribution in [-0.4, -0.2) is 31.7 Å². The van der Waals surface area contributed by atoms with E-state index in [0.29, 0.717) is 27.9 Å². The van der Waals surface area contributed by atoms with Crippen LogP contribution in [0.1, 0.15) is 49.7 Å². The predicted octanol–water partition coefficient (Wildman–Crippen LogP) is 5.12. The molecule has 2 aliphatic rings. The van der Waals surface area contributed by atoms with Gasteiger partial charge in [0.15, 0.2) is 0 Å². The molecule has 2 aromatic carbocycles. The summed E-state index contributed by atoms with van der Waals surface area (Å²) in [5.41, 5.74) is 0.710. The smallest absolute Gasteiger partial charge is 0.241 e. The van der Waals surface area contributed by atoms with E-state index in [2.05, 4.69) is 10.0 Å². The zero-order valence-corrected chi connectivity index (χ0v) is 20.8. The summed E-state index contributed by atoms with van der Waals surface area (Å²) in [7, 11) is -3.62. The van der Waals surface area contributed by atoms with Crippen molar-refractivity contribution in [3.05, 3.63) is 68.7 Å². The van der Waals surface area contributed by atoms with Gasteiger partial charge in [0.2, 0.25) is 15.9 Å². The monoisotopic (exact) mass is 514 g/mol. The summed E-state index contributed by atoms with van der Waals surface area (Å²) in [5.74, 6) is -0.885. The highest BCUT2D eigenvalue weighted by atomic mass is 35.5. The van der Waals surface area contributed by atoms with Gasteiger partial charge in [-0.15, -0.1) is 0 Å². The van der Waals surface area contributed by atoms with Crippen molar-refractivity contribution in [2.75, 3.05) is 5.75 Å². The lowest BCUT2D eigenvalue weighted by atomic mass is 9.59. The van der Waals surface area contributed by atoms with Crippen LogP contribution in [0.2, 0.25) is 15.1 Å². The average molecular weight is 516 g/mol. The Kier molecular flexibility index (Phi) is 6.56. The first kappa shape index (κ1) is 23.8. The summed E-state index contributed by atoms with van der Waals surface area (Å²) in [6.07, 6.45) is 0.957. The number of hydrogen-bond donors (Lipinski definition) is 2. The van der Waals surface area contributed by atoms with E-state index in [4.69, 9.17) is 34.8 Å². The molecule has 1 amide bonds. The van der Waals surface area contributed by atoms with Crippen molar-refractivity contribution >= 4 is 50.7 Å². The van der Waals surface area contributed by atoms with Gasteiger partial charge in [-0.3, -0.25) is 4.79 Å². The topological polar surface area (TPSA) is 75.3 Å². The number of halogens is 3. The van der Waals surface area contributed by atoms with Crippen LogP contribution in [0.15, 0.2) is 42.5 Å². The fourth-order valence-corrected chi connectivity index (χ4v) is 7.21. The van der Waals surface area contributed by atoms with Crippen molar-refractivity contribution in [2.45, 2.75) is 50.1 Å². The maximum atomic E-state index is 13.2. The quantitative estimate of drug-likeness (QED) is 0.580. The van der Waals surface area contributed by atoms with E-state index in [1.165, 1.54) is 0 Å². The molecule has 4 rings (SSSR count). The minimum Gasteiger partial charge on any atom is -0.352 e. The number of fused-ring (bicyclic) bond motifs is 1. The number of carbonyl (C=O) groups excluding carboxylic acids is 1. The molecule has 2 N–H and O–H groups in total. The fourth-order valence-electron chi connectivity index (χ4n) is 5.51. The molecule has 1 saturated heterocycles. The molecule has 0 radical (unpaired) electrons. The Morgan fingerprint density at radius 3 is 2.38 bits per heavy atom. The van der Waals surface area contributed by atoms with Crippen LogP contribution in [0.25, 0.3) is 0 Å². The maximum Gasteiger partial charge on any atom is 0.241 e. The van der Waals surface area contributed by atoms with Crippen LogP contribution < -0.4 is 10.0 Å². The molecule has 1 heterocycles. The van der Waals surface area contributed by atoms with Crippen molar-refractivity contribution in [1.29, 1.82) is 0 Å². The highest BCUT2D eigenvalue weighted by Crippen LogP contribution is 2.56. The van der Waals surface area contributed by atoms with Gasteiger partial charge in [-0.25, -0.2) is 8.42 Å². The minimum atomic E-state index is -3.62. The van der Waals surface area contributed by atoms with Gasteiger partial charge >= 0.3 is 0 Å². The number of rotatable bonds is 5. The van der Waals surface area contributed by atoms with E-state index in [9.17, 15) is 13.2 Å². The summed E-state index contributed by atoms with van der Waals surface area (Å²) in [6.45, 7) is 3.50. The summed E-state index contributed by atoms with van der Waals surface area (Å²) < 4.78 is 28.1. The largest absolute Gasteiger partial charge is 0.352 e. The molecule has 0 aromatic heterocycles. The Morgan fingerprint density at radius 1 is 1.09 bits per heavy atom. The molecule has 9 heteroatoms. The number of amides is 1. The predicted molar refractivity (Wildman–Crippen MR) is 129 cm³/mol. The van der Waals surface area contributed by atoms with E-state index < -0.39 is 15.6 Å². The van der Waals surface area contributed by atoms with Gasteiger partial charge in [0.1, 0.15) is 5.54 Å². The second kappa shape index (κ2) is 8.80. The lowest BCUT2D eigenvalue weighted by Gasteiger charge is -2.47. The Labute approximate surface area is 203 Å². The highest BCUT2D eigenvalue weighted by Gasteiger charge is 2.61. The van der Waals surface area contributed by atoms with Crippen LogP contribution in [0.4, 0.5) is 0 Å². The first-order chi connectivity index (χ1) is 15.1. The summed E-state index contributed by atoms with van der Waals surface area (Å²) in [5, 5.41) is 4.73. The Bertz CT molecular complexity index is 1140. The molecule has 0 spiro atoms. The molecule has 5 nitrogen and oxygen atoms in total. The lowest BCUT2D eigenvalue weighted by Crippen LogP contribution is -2.61. The lowest BCUT2D eigenvalue weighted by molar-refractivity contribution is -0.126. The highest BCUT2D eigenvalue weighted by molar-refractivity contribution is 7.89. The summed E-state index contributed by atoms with van der Waals surface area (Å²) in [6, 6.07) is 12.8. The molecular weight excluding hydrogens is 491 g/mol. The van der Waals surface area contributed by atoms with Crippen LogP contribution >= 0.6 is 34.8 Å². The molecule has 1 aliphatic heterocycles. The molecule has 2 aromatic rings. The molecule has 5 atom stereocenters. The molecule has 0 bridgehead atoms. The SMILES string of the molecule is CCS(=O)(=O)N[C@@]12CC[C@@H](c3ccc(Cl)cc3Cl)[C@H](c3ccc(Cl)cc3)[C@@H]1[C@@H](C)NC2=O. The molecule has 172 valence electrons. The Morgan fingerprint density at radius 2 is 1.75 bits per heavy atom. The van der Waals surface area contributed by atoms with E-state index in [1.54, 1.807) is 13.0 Å². The molecular formula is C23H25Cl3N2O3S. The molecule has 32 heavy (non-hydrogen) atoms. The zero-order chi connectivity index (χ0) is 23.3. The van der Waals surface area contributed by atoms with Gasteiger partial charge in [-0.05, 0) is 73.9 Å². The number of sulfonamides is 1. The van der Waals surface area contributed by atoms with Crippen molar-refractivity contribution < 1.29 is 13.2 Å². The van der Waals surface area contributed by atoms with Crippen molar-refractivity contribution in [2.24, 2.45) is 5.92 Å². The number of benzene rings is 2. The minimum absolute atomic E-state index is 0.0275. The van der Waals surface area contributed by atoms with E-state index >= 15 is 0 Å². The van der Waals surface area contributed by atoms with Gasteiger partial charge in [0.05, 0.1) is 5.75 Å². The zero-order valence-electron chi connectivity index (χ0n) is 17.7. The third kappa shape index (κ3) is 4.16. The molecule has 1 aliphatic carbocycles. The van der Waals surface area contributed by atoms with Crippen LogP contribution in [0.3, 0.4) is 0 Å². The van der Waals surface area contributed by atoms with Crippen molar-refractivity contribution in [3.8, 4) is 0 Å². The van der Waals surface area contributed by atoms with Crippen LogP contribution in [-0.2, 0) is 14.8 Å². The number of nitrogens with one attached hydrogen (secondary N) is 2. The standard InChI is InChI=1S/C23H25Cl3N2O3S/c1-3-32(30,31)28-23-11-10-18(17-9-8-16(25)12-19(17)26)20(14-4-6-15(24)7-5-14)21(23)13(2)27-22(23)29/h4-9,12-13,18,20-21,28H,3,10-11H2,1-2H3,(H,27,29)/t13-,18+,20+,21+,23+/m1/s1. The third-order valence-corrected chi connectivity index (χ3v) is 9.13. The first-order valence-corrected chi connectivity index (χ1v) is 13.4. The Balaban J connectivity index is 1.89. The average Bonchev–Trinajstić information content (AvgIpc) is 2.98. The van der Waals surface area contributed by atoms with Gasteiger partial charge in [0, 0.05) is 27.0 Å². The maximum absolute atomic E-state index is 13.2. The third-order valence-electron chi connectivity index (χ3n) is 6.88. The second-order valence-electron chi connectivity index (χ2n) is 8.65. The van der Waals surface area contributed by atoms with Gasteiger partial charge in [-0.2, -0.15) is 4.72 Å². The fraction of sp³-hybridized carbons (Fsp3) is 0.435. The van der Waals surface area contributed by atoms with E-state index in [1.807, 2.05) is 43.3 Å². The molecule has 2 fully saturated rings. The van der Waals surface area contributed by atoms with Gasteiger partial charge < -0.3 is 5.32 Å². The number of hydrogen-bond acceptors (Lipinski definition) is 3. The van der Waals surface area contributed by atoms with Crippen LogP contribution in [0, 0.1) is 5.92 Å². The molecule has 0 unspecified atom stereocenters. The second-order valence-corrected chi connectivity index (χ2v) is 11.9. The van der Waals surface area contributed by atoms with Gasteiger partial charge in [-0.1, -0.05) is 53.0 Å². The normalized spacial score (nSPS) is 30.1. The first-order valence-electron chi connectivity index (χ1n) is 10.6. The number of carbonyl (C=O) groups is 1. The summed E-state index contributed by atoms with van der Waals surface area (Å²) in [4.78, 5) is 13.2. The van der Waals surface area contributed by atoms with Crippen molar-refractivity contribution in [3.63, 3.8) is 0 Å². The summed E-state index contributed by atoms with van der Waals surface area (Å²) >= 11 is 18.9. The van der Waals surface area contributed by atoms with Crippen molar-refractivity contribution in [1.82, 2.24) is 10.0 Å². The van der Waals surface area contributed by atoms with E-state index in [0.717, 1.165) is 11.1 Å². The van der Waals surface area contributed by atoms with Gasteiger partial charge in [0.25, 0.3) is 0 Å². The molecule has 1 saturated carbocycles. The Hall–Kier alpha value is -1.31. The van der Waals surface area contributed by atoms with E-state index in [-0.39, 0.29) is 35.5 Å².